The van der Waals surface area contributed by atoms with Crippen molar-refractivity contribution in [1.82, 2.24) is 9.80 Å². The second-order valence-corrected chi connectivity index (χ2v) is 5.72. The fourth-order valence-corrected chi connectivity index (χ4v) is 2.95. The number of nitrogens with zero attached hydrogens (tertiary/aromatic N) is 2. The van der Waals surface area contributed by atoms with Gasteiger partial charge < -0.3 is 20.0 Å². The van der Waals surface area contributed by atoms with Gasteiger partial charge in [-0.15, -0.1) is 0 Å². The van der Waals surface area contributed by atoms with E-state index >= 15 is 0 Å². The van der Waals surface area contributed by atoms with Gasteiger partial charge in [0, 0.05) is 32.8 Å². The maximum absolute atomic E-state index is 12.3. The first-order valence-electron chi connectivity index (χ1n) is 6.90. The fourth-order valence-electron chi connectivity index (χ4n) is 2.95. The molecule has 2 amide bonds. The number of aliphatic hydroxyl groups excluding tert-OH is 1. The number of amides is 2. The molecular formula is C13H22N2O4. The molecule has 6 heteroatoms. The average molecular weight is 270 g/mol. The lowest BCUT2D eigenvalue weighted by Crippen LogP contribution is -2.46. The van der Waals surface area contributed by atoms with Gasteiger partial charge in [-0.05, 0) is 24.7 Å². The quantitative estimate of drug-likeness (QED) is 0.764. The summed E-state index contributed by atoms with van der Waals surface area (Å²) in [5, 5.41) is 18.2. The van der Waals surface area contributed by atoms with Gasteiger partial charge in [-0.1, -0.05) is 6.92 Å². The zero-order valence-electron chi connectivity index (χ0n) is 11.3. The van der Waals surface area contributed by atoms with E-state index in [4.69, 9.17) is 10.2 Å². The Morgan fingerprint density at radius 3 is 2.26 bits per heavy atom. The molecule has 0 aromatic heterocycles. The molecule has 2 aliphatic heterocycles. The zero-order chi connectivity index (χ0) is 14.0. The third-order valence-corrected chi connectivity index (χ3v) is 4.34. The number of aliphatic carboxylic acids is 1. The minimum atomic E-state index is -0.818. The highest BCUT2D eigenvalue weighted by Gasteiger charge is 2.38. The molecule has 0 bridgehead atoms. The first kappa shape index (κ1) is 14.1. The lowest BCUT2D eigenvalue weighted by atomic mass is 9.98. The van der Waals surface area contributed by atoms with E-state index in [1.165, 1.54) is 0 Å². The normalized spacial score (nSPS) is 28.7. The van der Waals surface area contributed by atoms with E-state index in [1.54, 1.807) is 9.80 Å². The summed E-state index contributed by atoms with van der Waals surface area (Å²) in [4.78, 5) is 26.8. The van der Waals surface area contributed by atoms with Crippen molar-refractivity contribution in [3.05, 3.63) is 0 Å². The minimum absolute atomic E-state index is 0.0106. The van der Waals surface area contributed by atoms with Crippen molar-refractivity contribution in [3.8, 4) is 0 Å². The Morgan fingerprint density at radius 1 is 1.16 bits per heavy atom. The van der Waals surface area contributed by atoms with E-state index in [1.807, 2.05) is 6.92 Å². The summed E-state index contributed by atoms with van der Waals surface area (Å²) >= 11 is 0. The molecule has 0 aromatic rings. The van der Waals surface area contributed by atoms with Crippen LogP contribution < -0.4 is 0 Å². The van der Waals surface area contributed by atoms with Gasteiger partial charge in [-0.3, -0.25) is 4.79 Å². The molecule has 0 unspecified atom stereocenters. The topological polar surface area (TPSA) is 81.1 Å². The summed E-state index contributed by atoms with van der Waals surface area (Å²) in [6.07, 6.45) is 1.65. The van der Waals surface area contributed by atoms with Crippen LogP contribution in [0.4, 0.5) is 4.79 Å². The van der Waals surface area contributed by atoms with E-state index in [9.17, 15) is 9.59 Å². The molecule has 2 saturated heterocycles. The Kier molecular flexibility index (Phi) is 4.29. The van der Waals surface area contributed by atoms with Gasteiger partial charge in [0.15, 0.2) is 0 Å². The number of urea groups is 1. The maximum atomic E-state index is 12.3. The van der Waals surface area contributed by atoms with Crippen LogP contribution in [0, 0.1) is 17.8 Å². The average Bonchev–Trinajstić information content (AvgIpc) is 2.80. The van der Waals surface area contributed by atoms with Crippen molar-refractivity contribution in [2.45, 2.75) is 19.8 Å². The van der Waals surface area contributed by atoms with Crippen LogP contribution in [0.2, 0.25) is 0 Å². The highest BCUT2D eigenvalue weighted by molar-refractivity contribution is 5.77. The predicted molar refractivity (Wildman–Crippen MR) is 68.6 cm³/mol. The molecule has 2 aliphatic rings. The lowest BCUT2D eigenvalue weighted by molar-refractivity contribution is -0.142. The van der Waals surface area contributed by atoms with Crippen molar-refractivity contribution in [1.29, 1.82) is 0 Å². The molecule has 0 spiro atoms. The highest BCUT2D eigenvalue weighted by Crippen LogP contribution is 2.25. The van der Waals surface area contributed by atoms with Crippen LogP contribution in [0.15, 0.2) is 0 Å². The summed E-state index contributed by atoms with van der Waals surface area (Å²) in [6.45, 7) is 4.22. The van der Waals surface area contributed by atoms with Gasteiger partial charge in [0.1, 0.15) is 0 Å². The summed E-state index contributed by atoms with van der Waals surface area (Å²) in [7, 11) is 0. The molecule has 2 N–H and O–H groups in total. The number of carboxylic acids is 1. The largest absolute Gasteiger partial charge is 0.481 e. The second kappa shape index (κ2) is 5.77. The molecular weight excluding hydrogens is 248 g/mol. The van der Waals surface area contributed by atoms with E-state index < -0.39 is 11.9 Å². The summed E-state index contributed by atoms with van der Waals surface area (Å²) in [5.74, 6) is -0.953. The van der Waals surface area contributed by atoms with E-state index in [-0.39, 0.29) is 18.6 Å². The molecule has 19 heavy (non-hydrogen) atoms. The van der Waals surface area contributed by atoms with Gasteiger partial charge in [-0.25, -0.2) is 4.79 Å². The van der Waals surface area contributed by atoms with Gasteiger partial charge in [0.05, 0.1) is 5.92 Å². The van der Waals surface area contributed by atoms with Crippen LogP contribution in [0.1, 0.15) is 19.8 Å². The number of likely N-dealkylation sites (tertiary alicyclic amines) is 2. The van der Waals surface area contributed by atoms with Gasteiger partial charge in [0.25, 0.3) is 0 Å². The molecule has 2 rings (SSSR count). The highest BCUT2D eigenvalue weighted by atomic mass is 16.4. The van der Waals surface area contributed by atoms with Gasteiger partial charge in [0.2, 0.25) is 0 Å². The zero-order valence-corrected chi connectivity index (χ0v) is 11.3. The number of carbonyl (C=O) groups is 2. The Labute approximate surface area is 113 Å². The number of hydrogen-bond donors (Lipinski definition) is 2. The minimum Gasteiger partial charge on any atom is -0.481 e. The molecule has 6 nitrogen and oxygen atoms in total. The smallest absolute Gasteiger partial charge is 0.320 e. The Hall–Kier alpha value is -1.30. The van der Waals surface area contributed by atoms with Crippen LogP contribution in [0.3, 0.4) is 0 Å². The van der Waals surface area contributed by atoms with E-state index in [0.717, 1.165) is 12.8 Å². The first-order chi connectivity index (χ1) is 9.02. The van der Waals surface area contributed by atoms with Crippen LogP contribution in [-0.4, -0.2) is 64.8 Å². The number of carboxylic acid groups (broad SMARTS) is 1. The van der Waals surface area contributed by atoms with Crippen LogP contribution >= 0.6 is 0 Å². The SMILES string of the molecule is C[C@@H]1CN(C(=O)N2CCC(CO)CC2)C[C@H]1C(=O)O. The Bertz CT molecular complexity index is 353. The third kappa shape index (κ3) is 3.00. The van der Waals surface area contributed by atoms with Crippen LogP contribution in [-0.2, 0) is 4.79 Å². The molecule has 0 radical (unpaired) electrons. The number of aliphatic hydroxyl groups is 1. The predicted octanol–water partition coefficient (Wildman–Crippen LogP) is 0.463. The monoisotopic (exact) mass is 270 g/mol. The van der Waals surface area contributed by atoms with Crippen LogP contribution in [0.25, 0.3) is 0 Å². The summed E-state index contributed by atoms with van der Waals surface area (Å²) < 4.78 is 0. The Balaban J connectivity index is 1.89. The van der Waals surface area contributed by atoms with Crippen molar-refractivity contribution in [3.63, 3.8) is 0 Å². The molecule has 0 saturated carbocycles. The van der Waals surface area contributed by atoms with Crippen molar-refractivity contribution < 1.29 is 19.8 Å². The molecule has 0 aromatic carbocycles. The van der Waals surface area contributed by atoms with Gasteiger partial charge >= 0.3 is 12.0 Å². The molecule has 2 fully saturated rings. The number of piperidine rings is 1. The van der Waals surface area contributed by atoms with Crippen molar-refractivity contribution in [2.75, 3.05) is 32.8 Å². The summed E-state index contributed by atoms with van der Waals surface area (Å²) in [5.41, 5.74) is 0. The molecule has 2 atom stereocenters. The number of hydrogen-bond acceptors (Lipinski definition) is 3. The standard InChI is InChI=1S/C13H22N2O4/c1-9-6-15(7-11(9)12(17)18)13(19)14-4-2-10(8-16)3-5-14/h9-11,16H,2-8H2,1H3,(H,17,18)/t9-,11-/m1/s1. The lowest BCUT2D eigenvalue weighted by Gasteiger charge is -2.34. The summed E-state index contributed by atoms with van der Waals surface area (Å²) in [6, 6.07) is -0.0491. The molecule has 0 aliphatic carbocycles. The molecule has 2 heterocycles. The Morgan fingerprint density at radius 2 is 1.79 bits per heavy atom. The van der Waals surface area contributed by atoms with E-state index in [0.29, 0.717) is 32.1 Å². The number of carbonyl (C=O) groups excluding carboxylic acids is 1. The maximum Gasteiger partial charge on any atom is 0.320 e. The van der Waals surface area contributed by atoms with Crippen molar-refractivity contribution in [2.24, 2.45) is 17.8 Å². The first-order valence-corrected chi connectivity index (χ1v) is 6.90. The van der Waals surface area contributed by atoms with Crippen LogP contribution in [0.5, 0.6) is 0 Å². The van der Waals surface area contributed by atoms with Gasteiger partial charge in [-0.2, -0.15) is 0 Å². The number of rotatable bonds is 2. The second-order valence-electron chi connectivity index (χ2n) is 5.72. The third-order valence-electron chi connectivity index (χ3n) is 4.34. The van der Waals surface area contributed by atoms with Crippen molar-refractivity contribution >= 4 is 12.0 Å². The molecule has 108 valence electrons. The fraction of sp³-hybridized carbons (Fsp3) is 0.846. The van der Waals surface area contributed by atoms with E-state index in [2.05, 4.69) is 0 Å².